The lowest BCUT2D eigenvalue weighted by Crippen LogP contribution is -2.14. The van der Waals surface area contributed by atoms with E-state index in [9.17, 15) is 4.39 Å². The van der Waals surface area contributed by atoms with Crippen molar-refractivity contribution in [3.63, 3.8) is 0 Å². The van der Waals surface area contributed by atoms with Crippen LogP contribution in [-0.4, -0.2) is 0 Å². The molecule has 106 valence electrons. The van der Waals surface area contributed by atoms with E-state index in [0.29, 0.717) is 17.2 Å². The molecular weight excluding hydrogens is 263 g/mol. The molecule has 2 aromatic carbocycles. The third kappa shape index (κ3) is 3.05. The van der Waals surface area contributed by atoms with E-state index in [1.165, 1.54) is 36.1 Å². The molecule has 0 bridgehead atoms. The van der Waals surface area contributed by atoms with Crippen LogP contribution in [0.15, 0.2) is 42.5 Å². The molecule has 1 aliphatic rings. The lowest BCUT2D eigenvalue weighted by atomic mass is 10.00. The highest BCUT2D eigenvalue weighted by atomic mass is 19.1. The number of aryl methyl sites for hydroxylation is 1. The smallest absolute Gasteiger partial charge is 0.124 e. The molecule has 2 aromatic rings. The van der Waals surface area contributed by atoms with E-state index in [1.54, 1.807) is 6.07 Å². The fourth-order valence-electron chi connectivity index (χ4n) is 2.58. The van der Waals surface area contributed by atoms with Crippen molar-refractivity contribution in [1.29, 1.82) is 5.26 Å². The first-order valence-corrected chi connectivity index (χ1v) is 7.20. The Hall–Kier alpha value is -2.34. The molecule has 2 nitrogen and oxygen atoms in total. The second-order valence-corrected chi connectivity index (χ2v) is 5.67. The van der Waals surface area contributed by atoms with Crippen LogP contribution in [0.2, 0.25) is 0 Å². The maximum Gasteiger partial charge on any atom is 0.124 e. The SMILES string of the molecule is Cc1ccc(C(Nc2ccc(F)cc2C#N)C2CC2)cc1. The van der Waals surface area contributed by atoms with Crippen LogP contribution in [-0.2, 0) is 0 Å². The Morgan fingerprint density at radius 1 is 1.19 bits per heavy atom. The Morgan fingerprint density at radius 3 is 2.52 bits per heavy atom. The van der Waals surface area contributed by atoms with Crippen LogP contribution < -0.4 is 5.32 Å². The molecule has 0 aromatic heterocycles. The van der Waals surface area contributed by atoms with Crippen LogP contribution in [0.25, 0.3) is 0 Å². The fraction of sp³-hybridized carbons (Fsp3) is 0.278. The van der Waals surface area contributed by atoms with Crippen LogP contribution in [0.4, 0.5) is 10.1 Å². The molecule has 0 aliphatic heterocycles. The average molecular weight is 280 g/mol. The number of nitrogens with one attached hydrogen (secondary N) is 1. The highest BCUT2D eigenvalue weighted by Gasteiger charge is 2.32. The van der Waals surface area contributed by atoms with Gasteiger partial charge in [0, 0.05) is 0 Å². The van der Waals surface area contributed by atoms with Gasteiger partial charge in [-0.3, -0.25) is 0 Å². The first kappa shape index (κ1) is 13.6. The summed E-state index contributed by atoms with van der Waals surface area (Å²) in [6.07, 6.45) is 2.38. The van der Waals surface area contributed by atoms with Crippen molar-refractivity contribution in [2.24, 2.45) is 5.92 Å². The van der Waals surface area contributed by atoms with E-state index >= 15 is 0 Å². The van der Waals surface area contributed by atoms with Gasteiger partial charge in [-0.2, -0.15) is 5.26 Å². The molecule has 1 unspecified atom stereocenters. The van der Waals surface area contributed by atoms with Crippen molar-refractivity contribution in [1.82, 2.24) is 0 Å². The summed E-state index contributed by atoms with van der Waals surface area (Å²) < 4.78 is 13.2. The molecule has 0 heterocycles. The Bertz CT molecular complexity index is 681. The summed E-state index contributed by atoms with van der Waals surface area (Å²) in [6, 6.07) is 15.0. The third-order valence-electron chi connectivity index (χ3n) is 3.94. The average Bonchev–Trinajstić information content (AvgIpc) is 3.31. The summed E-state index contributed by atoms with van der Waals surface area (Å²) in [5.74, 6) is 0.208. The van der Waals surface area contributed by atoms with E-state index in [-0.39, 0.29) is 11.9 Å². The summed E-state index contributed by atoms with van der Waals surface area (Å²) in [6.45, 7) is 2.07. The van der Waals surface area contributed by atoms with Gasteiger partial charge in [0.25, 0.3) is 0 Å². The molecule has 1 saturated carbocycles. The van der Waals surface area contributed by atoms with Crippen LogP contribution in [0, 0.1) is 30.0 Å². The predicted molar refractivity (Wildman–Crippen MR) is 81.4 cm³/mol. The Kier molecular flexibility index (Phi) is 3.62. The second-order valence-electron chi connectivity index (χ2n) is 5.67. The zero-order chi connectivity index (χ0) is 14.8. The largest absolute Gasteiger partial charge is 0.377 e. The van der Waals surface area contributed by atoms with Crippen molar-refractivity contribution < 1.29 is 4.39 Å². The highest BCUT2D eigenvalue weighted by molar-refractivity contribution is 5.58. The van der Waals surface area contributed by atoms with Gasteiger partial charge in [-0.15, -0.1) is 0 Å². The van der Waals surface area contributed by atoms with Crippen LogP contribution in [0.3, 0.4) is 0 Å². The Balaban J connectivity index is 1.90. The summed E-state index contributed by atoms with van der Waals surface area (Å²) in [4.78, 5) is 0. The zero-order valence-electron chi connectivity index (χ0n) is 11.9. The fourth-order valence-corrected chi connectivity index (χ4v) is 2.58. The van der Waals surface area contributed by atoms with Crippen molar-refractivity contribution in [3.8, 4) is 6.07 Å². The molecule has 0 radical (unpaired) electrons. The molecule has 3 rings (SSSR count). The van der Waals surface area contributed by atoms with E-state index in [0.717, 1.165) is 0 Å². The van der Waals surface area contributed by atoms with Crippen molar-refractivity contribution in [3.05, 3.63) is 65.0 Å². The summed E-state index contributed by atoms with van der Waals surface area (Å²) in [5, 5.41) is 12.6. The maximum absolute atomic E-state index is 13.2. The minimum absolute atomic E-state index is 0.183. The number of rotatable bonds is 4. The topological polar surface area (TPSA) is 35.8 Å². The minimum atomic E-state index is -0.379. The number of nitriles is 1. The van der Waals surface area contributed by atoms with E-state index in [4.69, 9.17) is 5.26 Å². The monoisotopic (exact) mass is 280 g/mol. The number of anilines is 1. The van der Waals surface area contributed by atoms with Crippen molar-refractivity contribution in [2.75, 3.05) is 5.32 Å². The summed E-state index contributed by atoms with van der Waals surface area (Å²) >= 11 is 0. The molecule has 0 amide bonds. The Labute approximate surface area is 124 Å². The van der Waals surface area contributed by atoms with Crippen LogP contribution in [0.1, 0.15) is 35.6 Å². The highest BCUT2D eigenvalue weighted by Crippen LogP contribution is 2.43. The van der Waals surface area contributed by atoms with Crippen LogP contribution >= 0.6 is 0 Å². The normalized spacial score (nSPS) is 15.3. The first-order chi connectivity index (χ1) is 10.2. The van der Waals surface area contributed by atoms with E-state index in [2.05, 4.69) is 42.6 Å². The summed E-state index contributed by atoms with van der Waals surface area (Å²) in [5.41, 5.74) is 3.51. The molecule has 1 N–H and O–H groups in total. The number of benzene rings is 2. The number of halogens is 1. The number of hydrogen-bond acceptors (Lipinski definition) is 2. The second kappa shape index (κ2) is 5.57. The van der Waals surface area contributed by atoms with Gasteiger partial charge in [-0.05, 0) is 49.4 Å². The third-order valence-corrected chi connectivity index (χ3v) is 3.94. The molecule has 0 spiro atoms. The molecule has 1 aliphatic carbocycles. The van der Waals surface area contributed by atoms with Gasteiger partial charge in [-0.25, -0.2) is 4.39 Å². The first-order valence-electron chi connectivity index (χ1n) is 7.20. The van der Waals surface area contributed by atoms with Gasteiger partial charge in [0.1, 0.15) is 11.9 Å². The number of hydrogen-bond donors (Lipinski definition) is 1. The standard InChI is InChI=1S/C18H17FN2/c1-12-2-4-13(5-3-12)18(14-6-7-14)21-17-9-8-16(19)10-15(17)11-20/h2-5,8-10,14,18,21H,6-7H2,1H3. The minimum Gasteiger partial charge on any atom is -0.377 e. The summed E-state index contributed by atoms with van der Waals surface area (Å²) in [7, 11) is 0. The predicted octanol–water partition coefficient (Wildman–Crippen LogP) is 4.57. The van der Waals surface area contributed by atoms with Gasteiger partial charge < -0.3 is 5.32 Å². The van der Waals surface area contributed by atoms with Gasteiger partial charge in [0.05, 0.1) is 17.3 Å². The Morgan fingerprint density at radius 2 is 1.90 bits per heavy atom. The number of nitrogens with zero attached hydrogens (tertiary/aromatic N) is 1. The van der Waals surface area contributed by atoms with Gasteiger partial charge in [0.15, 0.2) is 0 Å². The van der Waals surface area contributed by atoms with Gasteiger partial charge in [-0.1, -0.05) is 29.8 Å². The quantitative estimate of drug-likeness (QED) is 0.890. The van der Waals surface area contributed by atoms with Gasteiger partial charge in [0.2, 0.25) is 0 Å². The van der Waals surface area contributed by atoms with Crippen molar-refractivity contribution in [2.45, 2.75) is 25.8 Å². The molecule has 1 fully saturated rings. The van der Waals surface area contributed by atoms with E-state index in [1.807, 2.05) is 0 Å². The molecule has 0 saturated heterocycles. The molecule has 1 atom stereocenters. The maximum atomic E-state index is 13.2. The van der Waals surface area contributed by atoms with E-state index < -0.39 is 0 Å². The zero-order valence-corrected chi connectivity index (χ0v) is 11.9. The lowest BCUT2D eigenvalue weighted by molar-refractivity contribution is 0.626. The molecule has 3 heteroatoms. The van der Waals surface area contributed by atoms with Crippen molar-refractivity contribution >= 4 is 5.69 Å². The lowest BCUT2D eigenvalue weighted by Gasteiger charge is -2.21. The molecular formula is C18H17FN2. The van der Waals surface area contributed by atoms with Gasteiger partial charge >= 0.3 is 0 Å². The molecule has 21 heavy (non-hydrogen) atoms. The van der Waals surface area contributed by atoms with Crippen LogP contribution in [0.5, 0.6) is 0 Å².